The van der Waals surface area contributed by atoms with Gasteiger partial charge in [-0.25, -0.2) is 4.68 Å². The number of benzene rings is 1. The fourth-order valence-electron chi connectivity index (χ4n) is 1.54. The Bertz CT molecular complexity index is 601. The van der Waals surface area contributed by atoms with Gasteiger partial charge in [0.2, 0.25) is 0 Å². The van der Waals surface area contributed by atoms with Crippen molar-refractivity contribution in [3.8, 4) is 11.8 Å². The molecule has 0 bridgehead atoms. The Morgan fingerprint density at radius 3 is 2.67 bits per heavy atom. The molecule has 0 unspecified atom stereocenters. The third kappa shape index (κ3) is 2.41. The average molecular weight is 327 g/mol. The number of hydrogen-bond acceptors (Lipinski definition) is 3. The molecule has 1 aromatic carbocycles. The molecule has 0 aliphatic heterocycles. The summed E-state index contributed by atoms with van der Waals surface area (Å²) in [5.74, 6) is 0. The summed E-state index contributed by atoms with van der Waals surface area (Å²) in [6, 6.07) is 9.54. The number of nitriles is 1. The van der Waals surface area contributed by atoms with Crippen LogP contribution in [-0.2, 0) is 11.3 Å². The lowest BCUT2D eigenvalue weighted by Crippen LogP contribution is -1.97. The molecular formula is C12H9BrClN3O. The largest absolute Gasteiger partial charge is 0.378 e. The zero-order valence-electron chi connectivity index (χ0n) is 9.52. The van der Waals surface area contributed by atoms with Crippen LogP contribution in [0.3, 0.4) is 0 Å². The number of halogens is 2. The first-order chi connectivity index (χ1) is 8.67. The molecule has 0 aliphatic carbocycles. The molecule has 0 amide bonds. The van der Waals surface area contributed by atoms with Crippen LogP contribution < -0.4 is 0 Å². The lowest BCUT2D eigenvalue weighted by Gasteiger charge is -2.02. The van der Waals surface area contributed by atoms with Crippen molar-refractivity contribution in [2.24, 2.45) is 0 Å². The van der Waals surface area contributed by atoms with Crippen LogP contribution in [0, 0.1) is 11.3 Å². The first kappa shape index (κ1) is 13.1. The molecular weight excluding hydrogens is 318 g/mol. The second kappa shape index (κ2) is 5.53. The summed E-state index contributed by atoms with van der Waals surface area (Å²) >= 11 is 9.51. The highest BCUT2D eigenvalue weighted by molar-refractivity contribution is 9.10. The monoisotopic (exact) mass is 325 g/mol. The van der Waals surface area contributed by atoms with E-state index in [2.05, 4.69) is 21.0 Å². The molecule has 0 saturated heterocycles. The van der Waals surface area contributed by atoms with Gasteiger partial charge in [-0.05, 0) is 24.3 Å². The fourth-order valence-corrected chi connectivity index (χ4v) is 2.09. The van der Waals surface area contributed by atoms with E-state index in [1.165, 1.54) is 4.68 Å². The van der Waals surface area contributed by atoms with Crippen LogP contribution >= 0.6 is 27.5 Å². The van der Waals surface area contributed by atoms with E-state index in [0.29, 0.717) is 16.4 Å². The predicted molar refractivity (Wildman–Crippen MR) is 71.7 cm³/mol. The standard InChI is InChI=1S/C12H9BrClN3O/c1-18-7-11-10(6-15)12(14)17(16-11)9-4-2-8(13)3-5-9/h2-5H,7H2,1H3. The van der Waals surface area contributed by atoms with Crippen molar-refractivity contribution < 1.29 is 4.74 Å². The van der Waals surface area contributed by atoms with Crippen molar-refractivity contribution in [3.05, 3.63) is 45.1 Å². The van der Waals surface area contributed by atoms with E-state index >= 15 is 0 Å². The average Bonchev–Trinajstić information content (AvgIpc) is 2.67. The summed E-state index contributed by atoms with van der Waals surface area (Å²) < 4.78 is 7.49. The van der Waals surface area contributed by atoms with Crippen molar-refractivity contribution in [2.75, 3.05) is 7.11 Å². The summed E-state index contributed by atoms with van der Waals surface area (Å²) in [5.41, 5.74) is 1.68. The molecule has 92 valence electrons. The Kier molecular flexibility index (Phi) is 4.02. The highest BCUT2D eigenvalue weighted by Crippen LogP contribution is 2.24. The molecule has 4 nitrogen and oxygen atoms in total. The Balaban J connectivity index is 2.52. The SMILES string of the molecule is COCc1nn(-c2ccc(Br)cc2)c(Cl)c1C#N. The lowest BCUT2D eigenvalue weighted by atomic mass is 10.3. The van der Waals surface area contributed by atoms with Gasteiger partial charge in [-0.3, -0.25) is 0 Å². The normalized spacial score (nSPS) is 10.3. The van der Waals surface area contributed by atoms with E-state index in [1.807, 2.05) is 30.3 Å². The Hall–Kier alpha value is -1.35. The van der Waals surface area contributed by atoms with Crippen LogP contribution in [0.4, 0.5) is 0 Å². The lowest BCUT2D eigenvalue weighted by molar-refractivity contribution is 0.181. The van der Waals surface area contributed by atoms with Crippen LogP contribution in [0.15, 0.2) is 28.7 Å². The van der Waals surface area contributed by atoms with Gasteiger partial charge in [-0.2, -0.15) is 10.4 Å². The first-order valence-corrected chi connectivity index (χ1v) is 6.27. The number of rotatable bonds is 3. The number of ether oxygens (including phenoxy) is 1. The van der Waals surface area contributed by atoms with E-state index in [-0.39, 0.29) is 6.61 Å². The van der Waals surface area contributed by atoms with E-state index in [1.54, 1.807) is 7.11 Å². The third-order valence-corrected chi connectivity index (χ3v) is 3.24. The number of aromatic nitrogens is 2. The molecule has 0 radical (unpaired) electrons. The minimum absolute atomic E-state index is 0.256. The maximum absolute atomic E-state index is 9.08. The van der Waals surface area contributed by atoms with Gasteiger partial charge in [0.15, 0.2) is 5.15 Å². The van der Waals surface area contributed by atoms with E-state index in [9.17, 15) is 0 Å². The van der Waals surface area contributed by atoms with Gasteiger partial charge in [0.1, 0.15) is 17.3 Å². The molecule has 1 heterocycles. The summed E-state index contributed by atoms with van der Waals surface area (Å²) in [7, 11) is 1.55. The molecule has 2 aromatic rings. The Morgan fingerprint density at radius 1 is 1.44 bits per heavy atom. The second-order valence-electron chi connectivity index (χ2n) is 3.55. The number of nitrogens with zero attached hydrogens (tertiary/aromatic N) is 3. The van der Waals surface area contributed by atoms with Crippen molar-refractivity contribution >= 4 is 27.5 Å². The van der Waals surface area contributed by atoms with Crippen molar-refractivity contribution in [1.29, 1.82) is 5.26 Å². The van der Waals surface area contributed by atoms with Gasteiger partial charge in [0.25, 0.3) is 0 Å². The minimum Gasteiger partial charge on any atom is -0.378 e. The van der Waals surface area contributed by atoms with Gasteiger partial charge in [0.05, 0.1) is 12.3 Å². The van der Waals surface area contributed by atoms with Gasteiger partial charge in [0, 0.05) is 11.6 Å². The van der Waals surface area contributed by atoms with E-state index < -0.39 is 0 Å². The van der Waals surface area contributed by atoms with Crippen LogP contribution in [0.5, 0.6) is 0 Å². The van der Waals surface area contributed by atoms with Gasteiger partial charge in [-0.15, -0.1) is 0 Å². The zero-order valence-corrected chi connectivity index (χ0v) is 11.9. The highest BCUT2D eigenvalue weighted by Gasteiger charge is 2.16. The van der Waals surface area contributed by atoms with Gasteiger partial charge in [-0.1, -0.05) is 27.5 Å². The molecule has 0 N–H and O–H groups in total. The zero-order chi connectivity index (χ0) is 13.1. The fraction of sp³-hybridized carbons (Fsp3) is 0.167. The smallest absolute Gasteiger partial charge is 0.151 e. The molecule has 1 aromatic heterocycles. The summed E-state index contributed by atoms with van der Waals surface area (Å²) in [6.45, 7) is 0.256. The number of methoxy groups -OCH3 is 1. The molecule has 0 spiro atoms. The predicted octanol–water partition coefficient (Wildman–Crippen LogP) is 3.31. The molecule has 0 aliphatic rings. The quantitative estimate of drug-likeness (QED) is 0.869. The maximum Gasteiger partial charge on any atom is 0.151 e. The highest BCUT2D eigenvalue weighted by atomic mass is 79.9. The molecule has 2 rings (SSSR count). The Morgan fingerprint density at radius 2 is 2.11 bits per heavy atom. The summed E-state index contributed by atoms with van der Waals surface area (Å²) in [6.07, 6.45) is 0. The number of hydrogen-bond donors (Lipinski definition) is 0. The van der Waals surface area contributed by atoms with E-state index in [4.69, 9.17) is 21.6 Å². The third-order valence-electron chi connectivity index (χ3n) is 2.37. The molecule has 0 atom stereocenters. The Labute approximate surface area is 118 Å². The molecule has 6 heteroatoms. The molecule has 0 fully saturated rings. The van der Waals surface area contributed by atoms with Crippen LogP contribution in [0.1, 0.15) is 11.3 Å². The van der Waals surface area contributed by atoms with Gasteiger partial charge < -0.3 is 4.74 Å². The van der Waals surface area contributed by atoms with Gasteiger partial charge >= 0.3 is 0 Å². The van der Waals surface area contributed by atoms with Crippen molar-refractivity contribution in [3.63, 3.8) is 0 Å². The van der Waals surface area contributed by atoms with E-state index in [0.717, 1.165) is 10.2 Å². The van der Waals surface area contributed by atoms with Crippen molar-refractivity contribution in [1.82, 2.24) is 9.78 Å². The summed E-state index contributed by atoms with van der Waals surface area (Å²) in [5, 5.41) is 13.7. The molecule has 18 heavy (non-hydrogen) atoms. The minimum atomic E-state index is 0.256. The maximum atomic E-state index is 9.08. The van der Waals surface area contributed by atoms with Crippen LogP contribution in [0.2, 0.25) is 5.15 Å². The summed E-state index contributed by atoms with van der Waals surface area (Å²) in [4.78, 5) is 0. The first-order valence-electron chi connectivity index (χ1n) is 5.09. The van der Waals surface area contributed by atoms with Crippen LogP contribution in [-0.4, -0.2) is 16.9 Å². The van der Waals surface area contributed by atoms with Crippen LogP contribution in [0.25, 0.3) is 5.69 Å². The molecule has 0 saturated carbocycles. The topological polar surface area (TPSA) is 50.8 Å². The van der Waals surface area contributed by atoms with Crippen molar-refractivity contribution in [2.45, 2.75) is 6.61 Å². The second-order valence-corrected chi connectivity index (χ2v) is 4.82.